The minimum Gasteiger partial charge on any atom is -0.0761 e. The predicted molar refractivity (Wildman–Crippen MR) is 48.0 cm³/mol. The van der Waals surface area contributed by atoms with E-state index in [9.17, 15) is 0 Å². The van der Waals surface area contributed by atoms with E-state index in [2.05, 4.69) is 43.7 Å². The summed E-state index contributed by atoms with van der Waals surface area (Å²) in [6.45, 7) is 2.17. The van der Waals surface area contributed by atoms with Gasteiger partial charge in [0.05, 0.1) is 0 Å². The molecule has 0 amide bonds. The summed E-state index contributed by atoms with van der Waals surface area (Å²) in [5.74, 6) is 0. The summed E-state index contributed by atoms with van der Waals surface area (Å²) in [7, 11) is 0. The van der Waals surface area contributed by atoms with Gasteiger partial charge in [0, 0.05) is 6.42 Å². The zero-order valence-electron chi connectivity index (χ0n) is 6.67. The average molecular weight is 143 g/mol. The molecule has 0 bridgehead atoms. The summed E-state index contributed by atoms with van der Waals surface area (Å²) in [5.41, 5.74) is 4.28. The summed E-state index contributed by atoms with van der Waals surface area (Å²) in [4.78, 5) is 0. The van der Waals surface area contributed by atoms with Gasteiger partial charge in [0.25, 0.3) is 0 Å². The van der Waals surface area contributed by atoms with E-state index in [1.165, 1.54) is 16.7 Å². The lowest BCUT2D eigenvalue weighted by atomic mass is 10.0. The Kier molecular flexibility index (Phi) is 1.54. The molecule has 2 aliphatic carbocycles. The van der Waals surface area contributed by atoms with Crippen LogP contribution in [0, 0.1) is 6.42 Å². The lowest BCUT2D eigenvalue weighted by Gasteiger charge is -2.01. The van der Waals surface area contributed by atoms with Crippen molar-refractivity contribution in [2.45, 2.75) is 13.3 Å². The molecule has 2 aliphatic rings. The summed E-state index contributed by atoms with van der Waals surface area (Å²) >= 11 is 0. The van der Waals surface area contributed by atoms with Gasteiger partial charge in [-0.05, 0) is 24.5 Å². The highest BCUT2D eigenvalue weighted by Crippen LogP contribution is 2.28. The molecule has 0 heterocycles. The summed E-state index contributed by atoms with van der Waals surface area (Å²) in [6, 6.07) is 0. The third-order valence-electron chi connectivity index (χ3n) is 2.07. The fourth-order valence-electron chi connectivity index (χ4n) is 1.45. The van der Waals surface area contributed by atoms with E-state index in [-0.39, 0.29) is 0 Å². The van der Waals surface area contributed by atoms with Crippen LogP contribution in [-0.2, 0) is 0 Å². The highest BCUT2D eigenvalue weighted by Gasteiger charge is 2.09. The molecule has 55 valence electrons. The molecule has 0 aromatic carbocycles. The first-order chi connectivity index (χ1) is 5.36. The van der Waals surface area contributed by atoms with Gasteiger partial charge < -0.3 is 0 Å². The smallest absolute Gasteiger partial charge is 0.0128 e. The van der Waals surface area contributed by atoms with E-state index in [0.717, 1.165) is 6.42 Å². The lowest BCUT2D eigenvalue weighted by molar-refractivity contribution is 1.17. The third-order valence-corrected chi connectivity index (χ3v) is 2.07. The van der Waals surface area contributed by atoms with Crippen LogP contribution in [-0.4, -0.2) is 0 Å². The molecule has 0 saturated carbocycles. The van der Waals surface area contributed by atoms with Crippen molar-refractivity contribution < 1.29 is 0 Å². The van der Waals surface area contributed by atoms with Crippen LogP contribution in [0.5, 0.6) is 0 Å². The van der Waals surface area contributed by atoms with Crippen LogP contribution in [0.15, 0.2) is 47.1 Å². The maximum absolute atomic E-state index is 2.21. The number of allylic oxidation sites excluding steroid dienone is 8. The predicted octanol–water partition coefficient (Wildman–Crippen LogP) is 2.96. The van der Waals surface area contributed by atoms with E-state index in [1.54, 1.807) is 0 Å². The van der Waals surface area contributed by atoms with Crippen molar-refractivity contribution in [3.63, 3.8) is 0 Å². The summed E-state index contributed by atoms with van der Waals surface area (Å²) in [6.07, 6.45) is 14.0. The molecule has 0 aromatic rings. The zero-order chi connectivity index (χ0) is 7.68. The second kappa shape index (κ2) is 2.54. The number of rotatable bonds is 1. The molecule has 0 atom stereocenters. The second-order valence-corrected chi connectivity index (χ2v) is 3.06. The first-order valence-corrected chi connectivity index (χ1v) is 3.95. The monoisotopic (exact) mass is 143 g/mol. The first kappa shape index (κ1) is 6.66. The van der Waals surface area contributed by atoms with Crippen molar-refractivity contribution in [1.82, 2.24) is 0 Å². The molecule has 2 rings (SSSR count). The van der Waals surface area contributed by atoms with Crippen molar-refractivity contribution in [3.05, 3.63) is 53.5 Å². The van der Waals surface area contributed by atoms with Crippen LogP contribution in [0.4, 0.5) is 0 Å². The van der Waals surface area contributed by atoms with Crippen LogP contribution in [0.1, 0.15) is 13.3 Å². The molecule has 0 unspecified atom stereocenters. The lowest BCUT2D eigenvalue weighted by Crippen LogP contribution is -1.84. The highest BCUT2D eigenvalue weighted by atomic mass is 14.1. The van der Waals surface area contributed by atoms with E-state index >= 15 is 0 Å². The van der Waals surface area contributed by atoms with Crippen LogP contribution in [0.25, 0.3) is 0 Å². The molecular formula is C11H11. The van der Waals surface area contributed by atoms with Gasteiger partial charge in [-0.3, -0.25) is 0 Å². The second-order valence-electron chi connectivity index (χ2n) is 3.06. The Morgan fingerprint density at radius 2 is 2.00 bits per heavy atom. The Hall–Kier alpha value is -1.04. The third kappa shape index (κ3) is 1.21. The molecule has 0 fully saturated rings. The fraction of sp³-hybridized carbons (Fsp3) is 0.182. The minimum absolute atomic E-state index is 1.13. The number of hydrogen-bond acceptors (Lipinski definition) is 0. The first-order valence-electron chi connectivity index (χ1n) is 3.95. The standard InChI is InChI=1S/C11H11/c1-9-6-7-11(8-9)10-4-2-3-5-10/h2-7H,8H2,1H3. The van der Waals surface area contributed by atoms with Gasteiger partial charge in [-0.15, -0.1) is 0 Å². The van der Waals surface area contributed by atoms with Gasteiger partial charge in [-0.25, -0.2) is 0 Å². The molecule has 0 heteroatoms. The van der Waals surface area contributed by atoms with Gasteiger partial charge in [-0.1, -0.05) is 36.0 Å². The average Bonchev–Trinajstić information content (AvgIpc) is 2.55. The molecule has 11 heavy (non-hydrogen) atoms. The van der Waals surface area contributed by atoms with Gasteiger partial charge in [0.15, 0.2) is 0 Å². The largest absolute Gasteiger partial charge is 0.0761 e. The van der Waals surface area contributed by atoms with E-state index < -0.39 is 0 Å². The van der Waals surface area contributed by atoms with Crippen LogP contribution in [0.3, 0.4) is 0 Å². The van der Waals surface area contributed by atoms with Gasteiger partial charge >= 0.3 is 0 Å². The SMILES string of the molecule is CC1=CC=C(C2=CC=C[CH]2)C1. The molecule has 1 radical (unpaired) electrons. The number of hydrogen-bond donors (Lipinski definition) is 0. The van der Waals surface area contributed by atoms with E-state index in [4.69, 9.17) is 0 Å². The maximum Gasteiger partial charge on any atom is 0.0128 e. The van der Waals surface area contributed by atoms with Crippen molar-refractivity contribution in [1.29, 1.82) is 0 Å². The Balaban J connectivity index is 2.11. The molecule has 0 aromatic heterocycles. The quantitative estimate of drug-likeness (QED) is 0.529. The summed E-state index contributed by atoms with van der Waals surface area (Å²) in [5, 5.41) is 0. The Bertz CT molecular complexity index is 285. The normalized spacial score (nSPS) is 21.7. The van der Waals surface area contributed by atoms with Gasteiger partial charge in [0.2, 0.25) is 0 Å². The van der Waals surface area contributed by atoms with E-state index in [0.29, 0.717) is 0 Å². The van der Waals surface area contributed by atoms with E-state index in [1.807, 2.05) is 0 Å². The van der Waals surface area contributed by atoms with Gasteiger partial charge in [-0.2, -0.15) is 0 Å². The van der Waals surface area contributed by atoms with Crippen molar-refractivity contribution in [2.75, 3.05) is 0 Å². The van der Waals surface area contributed by atoms with Crippen LogP contribution >= 0.6 is 0 Å². The van der Waals surface area contributed by atoms with Crippen molar-refractivity contribution in [3.8, 4) is 0 Å². The Morgan fingerprint density at radius 3 is 2.55 bits per heavy atom. The van der Waals surface area contributed by atoms with Gasteiger partial charge in [0.1, 0.15) is 0 Å². The van der Waals surface area contributed by atoms with Crippen LogP contribution in [0.2, 0.25) is 0 Å². The topological polar surface area (TPSA) is 0 Å². The van der Waals surface area contributed by atoms with Crippen LogP contribution < -0.4 is 0 Å². The highest BCUT2D eigenvalue weighted by molar-refractivity contribution is 5.52. The Labute approximate surface area is 67.6 Å². The summed E-state index contributed by atoms with van der Waals surface area (Å²) < 4.78 is 0. The molecule has 0 nitrogen and oxygen atoms in total. The molecule has 0 aliphatic heterocycles. The zero-order valence-corrected chi connectivity index (χ0v) is 6.67. The molecule has 0 spiro atoms. The Morgan fingerprint density at radius 1 is 1.09 bits per heavy atom. The maximum atomic E-state index is 2.21. The molecular weight excluding hydrogens is 132 g/mol. The van der Waals surface area contributed by atoms with Crippen molar-refractivity contribution in [2.24, 2.45) is 0 Å². The fourth-order valence-corrected chi connectivity index (χ4v) is 1.45. The molecule has 0 N–H and O–H groups in total. The van der Waals surface area contributed by atoms with Crippen molar-refractivity contribution >= 4 is 0 Å². The molecule has 0 saturated heterocycles. The minimum atomic E-state index is 1.13.